The fraction of sp³-hybridized carbons (Fsp3) is 0.379. The zero-order valence-corrected chi connectivity index (χ0v) is 49.1. The maximum Gasteiger partial charge on any atom is 0.410 e. The molecular weight excluding hydrogens is 1120 g/mol. The maximum absolute atomic E-state index is 15.0. The van der Waals surface area contributed by atoms with Crippen LogP contribution in [-0.2, 0) is 9.53 Å². The molecule has 0 radical (unpaired) electrons. The van der Waals surface area contributed by atoms with Crippen molar-refractivity contribution in [2.24, 2.45) is 0 Å². The van der Waals surface area contributed by atoms with Crippen molar-refractivity contribution in [2.45, 2.75) is 106 Å². The van der Waals surface area contributed by atoms with Gasteiger partial charge in [-0.25, -0.2) is 42.3 Å². The van der Waals surface area contributed by atoms with E-state index in [2.05, 4.69) is 31.8 Å². The van der Waals surface area contributed by atoms with Crippen LogP contribution in [0.3, 0.4) is 0 Å². The summed E-state index contributed by atoms with van der Waals surface area (Å²) in [4.78, 5) is 78.1. The quantitative estimate of drug-likeness (QED) is 0.128. The van der Waals surface area contributed by atoms with Crippen molar-refractivity contribution in [2.75, 3.05) is 49.1 Å². The minimum atomic E-state index is -0.729. The monoisotopic (exact) mass is 1180 g/mol. The summed E-state index contributed by atoms with van der Waals surface area (Å²) in [5.41, 5.74) is -0.491. The lowest BCUT2D eigenvalue weighted by Gasteiger charge is -2.41. The first-order chi connectivity index (χ1) is 39.2. The number of nitrogens with zero attached hydrogens (tertiary/aromatic N) is 12. The molecule has 2 N–H and O–H groups in total. The van der Waals surface area contributed by atoms with Crippen molar-refractivity contribution in [3.05, 3.63) is 127 Å². The molecule has 2 aromatic carbocycles. The van der Waals surface area contributed by atoms with Crippen LogP contribution in [0.5, 0.6) is 11.5 Å². The lowest BCUT2D eigenvalue weighted by molar-refractivity contribution is -0.126. The minimum Gasteiger partial charge on any atom is -0.507 e. The predicted molar refractivity (Wildman–Crippen MR) is 310 cm³/mol. The molecule has 2 aliphatic rings. The molecule has 0 bridgehead atoms. The first-order valence-electron chi connectivity index (χ1n) is 26.8. The van der Waals surface area contributed by atoms with Crippen molar-refractivity contribution in [1.82, 2.24) is 49.2 Å². The SMILES string of the molecule is C=CC(=O)N1CCN(c2nc(=O)n(-c3c(C)noc3C(C)C)c3nc(-c4c(O)cccc4F)c(Cl)cc23)[C@@H](C)C1.Cc1noc(C(C)C)c1-n1c(=O)nc(N2CCN(C(=O)OC(C)(C)C)C[C@@H]2C)c2cc(Cl)c(-c3c(O)cccc3F)nc21. The number of phenols is 2. The number of benzene rings is 2. The number of fused-ring (bicyclic) bond motifs is 2. The minimum absolute atomic E-state index is 0.0373. The van der Waals surface area contributed by atoms with Crippen molar-refractivity contribution in [1.29, 1.82) is 0 Å². The molecule has 2 saturated heterocycles. The Kier molecular flexibility index (Phi) is 16.5. The second-order valence-corrected chi connectivity index (χ2v) is 22.8. The molecule has 0 saturated carbocycles. The van der Waals surface area contributed by atoms with Gasteiger partial charge in [0.15, 0.2) is 22.8 Å². The number of aromatic nitrogens is 8. The van der Waals surface area contributed by atoms with E-state index in [-0.39, 0.29) is 85.2 Å². The summed E-state index contributed by atoms with van der Waals surface area (Å²) < 4.78 is 49.2. The molecule has 10 rings (SSSR count). The third-order valence-electron chi connectivity index (χ3n) is 14.2. The summed E-state index contributed by atoms with van der Waals surface area (Å²) in [5.74, 6) is -1.07. The van der Waals surface area contributed by atoms with Crippen LogP contribution in [0.4, 0.5) is 25.2 Å². The highest BCUT2D eigenvalue weighted by Gasteiger charge is 2.35. The van der Waals surface area contributed by atoms with Crippen LogP contribution in [0.1, 0.15) is 97.1 Å². The van der Waals surface area contributed by atoms with E-state index >= 15 is 4.39 Å². The van der Waals surface area contributed by atoms with Crippen LogP contribution in [-0.4, -0.2) is 128 Å². The third kappa shape index (κ3) is 11.3. The molecule has 0 unspecified atom stereocenters. The van der Waals surface area contributed by atoms with Gasteiger partial charge < -0.3 is 43.6 Å². The third-order valence-corrected chi connectivity index (χ3v) is 14.8. The number of carbonyl (C=O) groups excluding carboxylic acids is 2. The van der Waals surface area contributed by atoms with Crippen LogP contribution in [0.15, 0.2) is 79.8 Å². The lowest BCUT2D eigenvalue weighted by Crippen LogP contribution is -2.55. The van der Waals surface area contributed by atoms with Gasteiger partial charge in [0.05, 0.1) is 43.3 Å². The summed E-state index contributed by atoms with van der Waals surface area (Å²) in [6, 6.07) is 10.4. The molecule has 25 heteroatoms. The molecule has 2 amide bonds. The van der Waals surface area contributed by atoms with Gasteiger partial charge in [-0.3, -0.25) is 4.79 Å². The molecule has 6 aromatic heterocycles. The van der Waals surface area contributed by atoms with Crippen LogP contribution in [0, 0.1) is 25.5 Å². The number of hydrogen-bond acceptors (Lipinski definition) is 17. The number of pyridine rings is 2. The second kappa shape index (κ2) is 23.1. The largest absolute Gasteiger partial charge is 0.507 e. The number of hydrogen-bond donors (Lipinski definition) is 2. The van der Waals surface area contributed by atoms with Crippen molar-refractivity contribution in [3.8, 4) is 45.4 Å². The smallest absolute Gasteiger partial charge is 0.410 e. The van der Waals surface area contributed by atoms with Gasteiger partial charge in [-0.15, -0.1) is 0 Å². The molecule has 2 atom stereocenters. The Balaban J connectivity index is 0.000000200. The summed E-state index contributed by atoms with van der Waals surface area (Å²) >= 11 is 13.4. The normalized spacial score (nSPS) is 15.8. The Morgan fingerprint density at radius 2 is 1.11 bits per heavy atom. The number of ether oxygens (including phenoxy) is 1. The highest BCUT2D eigenvalue weighted by molar-refractivity contribution is 6.34. The van der Waals surface area contributed by atoms with E-state index in [0.717, 1.165) is 0 Å². The van der Waals surface area contributed by atoms with Crippen molar-refractivity contribution >= 4 is 68.9 Å². The molecule has 21 nitrogen and oxygen atoms in total. The number of amides is 2. The van der Waals surface area contributed by atoms with Crippen molar-refractivity contribution in [3.63, 3.8) is 0 Å². The van der Waals surface area contributed by atoms with Gasteiger partial charge in [-0.2, -0.15) is 9.97 Å². The average Bonchev–Trinajstić information content (AvgIpc) is 3.93. The standard InChI is InChI=1S/C30H34ClFN6O5.C28H28ClFN6O4/c1-15(2)25-24(17(4)35-43-25)38-27-18(13-19(31)23(33-27)22-20(32)9-8-10-21(22)39)26(34-28(38)40)37-12-11-36(14-16(37)3)29(41)42-30(5,6)7;1-6-21(38)34-10-11-35(15(4)13-34)26-17-12-18(29)23(22-19(30)8-7-9-20(22)37)31-27(17)36(28(39)32-26)24-16(5)33-40-25(24)14(2)3/h8-10,13,15-16,39H,11-12,14H2,1-7H3;6-9,12,14-15,37H,1,10-11,13H2,2-5H3/t16-;15-/m00/s1. The molecule has 8 aromatic rings. The molecular formula is C58H62Cl2F2N12O9. The van der Waals surface area contributed by atoms with E-state index in [1.165, 1.54) is 51.6 Å². The van der Waals surface area contributed by atoms with Gasteiger partial charge in [-0.05, 0) is 90.9 Å². The lowest BCUT2D eigenvalue weighted by atomic mass is 10.1. The van der Waals surface area contributed by atoms with E-state index < -0.39 is 34.7 Å². The van der Waals surface area contributed by atoms with Gasteiger partial charge in [0, 0.05) is 63.2 Å². The second-order valence-electron chi connectivity index (χ2n) is 22.0. The van der Waals surface area contributed by atoms with E-state index in [4.69, 9.17) is 42.0 Å². The summed E-state index contributed by atoms with van der Waals surface area (Å²) in [6.45, 7) is 26.0. The summed E-state index contributed by atoms with van der Waals surface area (Å²) in [7, 11) is 0. The highest BCUT2D eigenvalue weighted by Crippen LogP contribution is 2.42. The average molecular weight is 1180 g/mol. The highest BCUT2D eigenvalue weighted by atomic mass is 35.5. The first kappa shape index (κ1) is 59.2. The van der Waals surface area contributed by atoms with Gasteiger partial charge >= 0.3 is 17.5 Å². The molecule has 83 heavy (non-hydrogen) atoms. The van der Waals surface area contributed by atoms with Crippen LogP contribution in [0.2, 0.25) is 10.0 Å². The van der Waals surface area contributed by atoms with Crippen LogP contribution >= 0.6 is 23.2 Å². The maximum atomic E-state index is 15.0. The summed E-state index contributed by atoms with van der Waals surface area (Å²) in [5, 5.41) is 30.2. The van der Waals surface area contributed by atoms with E-state index in [1.807, 2.05) is 72.1 Å². The molecule has 8 heterocycles. The fourth-order valence-electron chi connectivity index (χ4n) is 10.3. The van der Waals surface area contributed by atoms with Gasteiger partial charge in [0.1, 0.15) is 63.1 Å². The topological polar surface area (TPSA) is 244 Å². The van der Waals surface area contributed by atoms with Crippen LogP contribution < -0.4 is 21.2 Å². The Morgan fingerprint density at radius 1 is 0.699 bits per heavy atom. The molecule has 2 aliphatic heterocycles. The zero-order chi connectivity index (χ0) is 60.3. The predicted octanol–water partition coefficient (Wildman–Crippen LogP) is 10.4. The Labute approximate surface area is 485 Å². The van der Waals surface area contributed by atoms with Gasteiger partial charge in [0.2, 0.25) is 5.91 Å². The number of halogens is 4. The summed E-state index contributed by atoms with van der Waals surface area (Å²) in [6.07, 6.45) is 0.851. The van der Waals surface area contributed by atoms with Gasteiger partial charge in [-0.1, -0.05) is 79.9 Å². The Hall–Kier alpha value is -8.44. The number of phenolic OH excluding ortho intramolecular Hbond substituents is 2. The zero-order valence-electron chi connectivity index (χ0n) is 47.6. The molecule has 2 fully saturated rings. The number of carbonyl (C=O) groups is 2. The molecule has 436 valence electrons. The number of rotatable bonds is 9. The Bertz CT molecular complexity index is 3960. The van der Waals surface area contributed by atoms with Gasteiger partial charge in [0.25, 0.3) is 0 Å². The number of aromatic hydroxyl groups is 2. The van der Waals surface area contributed by atoms with Crippen molar-refractivity contribution < 1.29 is 42.4 Å². The molecule has 0 aliphatic carbocycles. The fourth-order valence-corrected chi connectivity index (χ4v) is 10.8. The first-order valence-corrected chi connectivity index (χ1v) is 27.5. The van der Waals surface area contributed by atoms with E-state index in [0.29, 0.717) is 96.0 Å². The number of anilines is 2. The van der Waals surface area contributed by atoms with E-state index in [1.54, 1.807) is 35.8 Å². The number of aryl methyl sites for hydroxylation is 2. The van der Waals surface area contributed by atoms with E-state index in [9.17, 15) is 33.8 Å². The number of piperazine rings is 2. The Morgan fingerprint density at radius 3 is 1.48 bits per heavy atom. The van der Waals surface area contributed by atoms with Crippen LogP contribution in [0.25, 0.3) is 56.0 Å². The molecule has 0 spiro atoms.